The highest BCUT2D eigenvalue weighted by Crippen LogP contribution is 2.20. The zero-order valence-corrected chi connectivity index (χ0v) is 6.76. The first-order valence-electron chi connectivity index (χ1n) is 3.75. The second-order valence-corrected chi connectivity index (χ2v) is 2.62. The Hall–Kier alpha value is -1.45. The topological polar surface area (TPSA) is 37.3 Å². The summed E-state index contributed by atoms with van der Waals surface area (Å²) in [5.74, 6) is -3.07. The molecule has 0 aliphatic rings. The minimum atomic E-state index is -1.25. The lowest BCUT2D eigenvalue weighted by atomic mass is 10.1. The molecule has 13 heavy (non-hydrogen) atoms. The van der Waals surface area contributed by atoms with Gasteiger partial charge < -0.3 is 9.90 Å². The molecule has 4 heteroatoms. The molecule has 0 bridgehead atoms. The molecule has 1 aromatic carbocycles. The van der Waals surface area contributed by atoms with E-state index in [0.29, 0.717) is 18.3 Å². The summed E-state index contributed by atoms with van der Waals surface area (Å²) in [4.78, 5) is 9.98. The van der Waals surface area contributed by atoms with Gasteiger partial charge in [0.25, 0.3) is 0 Å². The second kappa shape index (κ2) is 3.98. The van der Waals surface area contributed by atoms with Crippen LogP contribution in [0, 0.1) is 11.6 Å². The number of aryl methyl sites for hydroxylation is 1. The highest BCUT2D eigenvalue weighted by molar-refractivity contribution is 5.50. The molecule has 0 heterocycles. The van der Waals surface area contributed by atoms with E-state index in [1.165, 1.54) is 0 Å². The average molecular weight is 186 g/mol. The van der Waals surface area contributed by atoms with Crippen LogP contribution >= 0.6 is 0 Å². The van der Waals surface area contributed by atoms with Crippen LogP contribution in [0.3, 0.4) is 0 Å². The van der Waals surface area contributed by atoms with Crippen molar-refractivity contribution in [1.29, 1.82) is 0 Å². The minimum absolute atomic E-state index is 0.227. The first-order valence-corrected chi connectivity index (χ1v) is 3.75. The summed E-state index contributed by atoms with van der Waals surface area (Å²) in [6.45, 7) is 0. The maximum Gasteiger partial charge on any atom is 0.200 e. The van der Waals surface area contributed by atoms with Crippen molar-refractivity contribution in [3.8, 4) is 5.75 Å². The molecule has 0 atom stereocenters. The molecule has 0 saturated heterocycles. The molecular formula is C9H8F2O2. The number of carbonyl (C=O) groups excluding carboxylic acids is 1. The van der Waals surface area contributed by atoms with Crippen molar-refractivity contribution in [2.75, 3.05) is 0 Å². The van der Waals surface area contributed by atoms with E-state index in [9.17, 15) is 13.6 Å². The highest BCUT2D eigenvalue weighted by atomic mass is 19.2. The Balaban J connectivity index is 2.92. The number of halogens is 2. The number of phenolic OH excluding ortho intramolecular Hbond substituents is 1. The van der Waals surface area contributed by atoms with Crippen LogP contribution in [0.25, 0.3) is 0 Å². The number of aldehydes is 1. The van der Waals surface area contributed by atoms with Crippen molar-refractivity contribution >= 4 is 6.29 Å². The van der Waals surface area contributed by atoms with E-state index in [2.05, 4.69) is 0 Å². The standard InChI is InChI=1S/C9H8F2O2/c10-7-4-6(2-1-3-12)5-8(13)9(7)11/h3-5,13H,1-2H2. The second-order valence-electron chi connectivity index (χ2n) is 2.62. The monoisotopic (exact) mass is 186 g/mol. The minimum Gasteiger partial charge on any atom is -0.505 e. The van der Waals surface area contributed by atoms with Crippen molar-refractivity contribution in [2.24, 2.45) is 0 Å². The van der Waals surface area contributed by atoms with E-state index in [1.807, 2.05) is 0 Å². The van der Waals surface area contributed by atoms with Gasteiger partial charge in [-0.15, -0.1) is 0 Å². The van der Waals surface area contributed by atoms with E-state index in [0.717, 1.165) is 12.1 Å². The number of hydrogen-bond acceptors (Lipinski definition) is 2. The van der Waals surface area contributed by atoms with Gasteiger partial charge in [0.05, 0.1) is 0 Å². The molecule has 1 rings (SSSR count). The van der Waals surface area contributed by atoms with Gasteiger partial charge >= 0.3 is 0 Å². The zero-order valence-electron chi connectivity index (χ0n) is 6.76. The quantitative estimate of drug-likeness (QED) is 0.731. The first-order chi connectivity index (χ1) is 6.15. The maximum absolute atomic E-state index is 12.6. The Kier molecular flexibility index (Phi) is 2.95. The lowest BCUT2D eigenvalue weighted by Crippen LogP contribution is -1.91. The molecular weight excluding hydrogens is 178 g/mol. The van der Waals surface area contributed by atoms with E-state index in [1.54, 1.807) is 0 Å². The third-order valence-electron chi connectivity index (χ3n) is 1.62. The zero-order chi connectivity index (χ0) is 9.84. The summed E-state index contributed by atoms with van der Waals surface area (Å²) in [6, 6.07) is 2.08. The molecule has 0 unspecified atom stereocenters. The fourth-order valence-corrected chi connectivity index (χ4v) is 0.999. The predicted octanol–water partition coefficient (Wildman–Crippen LogP) is 1.80. The van der Waals surface area contributed by atoms with Gasteiger partial charge in [-0.05, 0) is 24.1 Å². The van der Waals surface area contributed by atoms with Gasteiger partial charge in [0, 0.05) is 6.42 Å². The van der Waals surface area contributed by atoms with Gasteiger partial charge in [0.15, 0.2) is 17.4 Å². The van der Waals surface area contributed by atoms with E-state index in [-0.39, 0.29) is 6.42 Å². The Labute approximate surface area is 73.8 Å². The molecule has 70 valence electrons. The van der Waals surface area contributed by atoms with Crippen LogP contribution < -0.4 is 0 Å². The normalized spacial score (nSPS) is 10.0. The molecule has 0 spiro atoms. The third kappa shape index (κ3) is 2.24. The van der Waals surface area contributed by atoms with Crippen molar-refractivity contribution in [3.63, 3.8) is 0 Å². The molecule has 0 saturated carbocycles. The summed E-state index contributed by atoms with van der Waals surface area (Å²) in [7, 11) is 0. The molecule has 1 aromatic rings. The summed E-state index contributed by atoms with van der Waals surface area (Å²) in [6.07, 6.45) is 1.21. The van der Waals surface area contributed by atoms with E-state index < -0.39 is 17.4 Å². The summed E-state index contributed by atoms with van der Waals surface area (Å²) >= 11 is 0. The molecule has 0 amide bonds. The Morgan fingerprint density at radius 1 is 1.38 bits per heavy atom. The lowest BCUT2D eigenvalue weighted by Gasteiger charge is -2.01. The third-order valence-corrected chi connectivity index (χ3v) is 1.62. The average Bonchev–Trinajstić information content (AvgIpc) is 2.10. The number of phenols is 1. The van der Waals surface area contributed by atoms with Crippen molar-refractivity contribution in [2.45, 2.75) is 12.8 Å². The van der Waals surface area contributed by atoms with Crippen LogP contribution in [0.2, 0.25) is 0 Å². The molecule has 0 aromatic heterocycles. The van der Waals surface area contributed by atoms with Crippen LogP contribution in [-0.4, -0.2) is 11.4 Å². The smallest absolute Gasteiger partial charge is 0.200 e. The van der Waals surface area contributed by atoms with Crippen LogP contribution in [0.5, 0.6) is 5.75 Å². The molecule has 0 aliphatic carbocycles. The fourth-order valence-electron chi connectivity index (χ4n) is 0.999. The van der Waals surface area contributed by atoms with Gasteiger partial charge in [-0.1, -0.05) is 0 Å². The molecule has 0 fully saturated rings. The Bertz CT molecular complexity index is 300. The van der Waals surface area contributed by atoms with Crippen LogP contribution in [0.1, 0.15) is 12.0 Å². The molecule has 2 nitrogen and oxygen atoms in total. The SMILES string of the molecule is O=CCCc1cc(O)c(F)c(F)c1. The number of aromatic hydroxyl groups is 1. The first kappa shape index (κ1) is 9.64. The largest absolute Gasteiger partial charge is 0.505 e. The number of rotatable bonds is 3. The molecule has 0 aliphatic heterocycles. The van der Waals surface area contributed by atoms with Crippen LogP contribution in [-0.2, 0) is 11.2 Å². The van der Waals surface area contributed by atoms with Crippen LogP contribution in [0.4, 0.5) is 8.78 Å². The Morgan fingerprint density at radius 2 is 2.08 bits per heavy atom. The fraction of sp³-hybridized carbons (Fsp3) is 0.222. The predicted molar refractivity (Wildman–Crippen MR) is 42.4 cm³/mol. The van der Waals surface area contributed by atoms with Gasteiger partial charge in [-0.2, -0.15) is 4.39 Å². The molecule has 0 radical (unpaired) electrons. The van der Waals surface area contributed by atoms with E-state index >= 15 is 0 Å². The van der Waals surface area contributed by atoms with Gasteiger partial charge in [0.2, 0.25) is 0 Å². The van der Waals surface area contributed by atoms with Crippen LogP contribution in [0.15, 0.2) is 12.1 Å². The van der Waals surface area contributed by atoms with Crippen molar-refractivity contribution in [1.82, 2.24) is 0 Å². The van der Waals surface area contributed by atoms with E-state index in [4.69, 9.17) is 5.11 Å². The number of hydrogen-bond donors (Lipinski definition) is 1. The van der Waals surface area contributed by atoms with Gasteiger partial charge in [-0.3, -0.25) is 0 Å². The summed E-state index contributed by atoms with van der Waals surface area (Å²) in [5, 5.41) is 8.88. The maximum atomic E-state index is 12.6. The van der Waals surface area contributed by atoms with Gasteiger partial charge in [0.1, 0.15) is 6.29 Å². The van der Waals surface area contributed by atoms with Gasteiger partial charge in [-0.25, -0.2) is 4.39 Å². The van der Waals surface area contributed by atoms with Crippen molar-refractivity contribution in [3.05, 3.63) is 29.3 Å². The number of carbonyl (C=O) groups is 1. The highest BCUT2D eigenvalue weighted by Gasteiger charge is 2.08. The summed E-state index contributed by atoms with van der Waals surface area (Å²) in [5.41, 5.74) is 0.406. The summed E-state index contributed by atoms with van der Waals surface area (Å²) < 4.78 is 25.2. The van der Waals surface area contributed by atoms with Crippen molar-refractivity contribution < 1.29 is 18.7 Å². The Morgan fingerprint density at radius 3 is 2.62 bits per heavy atom. The number of benzene rings is 1. The lowest BCUT2D eigenvalue weighted by molar-refractivity contribution is -0.107. The molecule has 1 N–H and O–H groups in total.